The van der Waals surface area contributed by atoms with E-state index in [4.69, 9.17) is 11.6 Å². The maximum absolute atomic E-state index is 13.8. The molecule has 1 saturated carbocycles. The number of hydrogen-bond donors (Lipinski definition) is 0. The molecule has 0 saturated heterocycles. The molecule has 1 aliphatic rings. The number of hydrogen-bond acceptors (Lipinski definition) is 1. The Hall–Kier alpha value is -0.830. The van der Waals surface area contributed by atoms with E-state index in [1.54, 1.807) is 11.9 Å². The zero-order valence-corrected chi connectivity index (χ0v) is 10.8. The van der Waals surface area contributed by atoms with Gasteiger partial charge in [0.1, 0.15) is 17.3 Å². The molecule has 2 rings (SSSR count). The smallest absolute Gasteiger partial charge is 0.149 e. The number of alkyl halides is 1. The molecular formula is C13H16ClF2N. The van der Waals surface area contributed by atoms with E-state index in [1.165, 1.54) is 12.1 Å². The minimum atomic E-state index is -0.531. The maximum Gasteiger partial charge on any atom is 0.149 e. The SMILES string of the molecule is CC1CC1CN(C)c1c(F)cc(CCl)cc1F. The van der Waals surface area contributed by atoms with Crippen LogP contribution in [0.3, 0.4) is 0 Å². The fourth-order valence-corrected chi connectivity index (χ4v) is 2.31. The molecule has 0 heterocycles. The Labute approximate surface area is 105 Å². The molecule has 1 aromatic rings. The van der Waals surface area contributed by atoms with Gasteiger partial charge in [0.05, 0.1) is 0 Å². The van der Waals surface area contributed by atoms with Gasteiger partial charge in [0.25, 0.3) is 0 Å². The highest BCUT2D eigenvalue weighted by molar-refractivity contribution is 6.17. The summed E-state index contributed by atoms with van der Waals surface area (Å²) in [5.41, 5.74) is 0.525. The quantitative estimate of drug-likeness (QED) is 0.744. The topological polar surface area (TPSA) is 3.24 Å². The predicted octanol–water partition coefficient (Wildman–Crippen LogP) is 3.80. The van der Waals surface area contributed by atoms with Crippen molar-refractivity contribution in [1.82, 2.24) is 0 Å². The third-order valence-corrected chi connectivity index (χ3v) is 3.71. The highest BCUT2D eigenvalue weighted by atomic mass is 35.5. The molecule has 2 unspecified atom stereocenters. The van der Waals surface area contributed by atoms with Crippen molar-refractivity contribution >= 4 is 17.3 Å². The van der Waals surface area contributed by atoms with E-state index in [0.29, 0.717) is 23.9 Å². The first-order chi connectivity index (χ1) is 8.02. The molecule has 4 heteroatoms. The van der Waals surface area contributed by atoms with Gasteiger partial charge < -0.3 is 4.90 Å². The first kappa shape index (κ1) is 12.6. The second-order valence-corrected chi connectivity index (χ2v) is 5.16. The molecule has 1 fully saturated rings. The van der Waals surface area contributed by atoms with E-state index in [9.17, 15) is 8.78 Å². The Kier molecular flexibility index (Phi) is 3.57. The molecule has 0 bridgehead atoms. The molecule has 2 atom stereocenters. The maximum atomic E-state index is 13.8. The fourth-order valence-electron chi connectivity index (χ4n) is 2.16. The molecular weight excluding hydrogens is 244 g/mol. The van der Waals surface area contributed by atoms with Crippen molar-refractivity contribution in [2.45, 2.75) is 19.2 Å². The Bertz CT molecular complexity index is 399. The summed E-state index contributed by atoms with van der Waals surface area (Å²) >= 11 is 5.57. The molecule has 0 spiro atoms. The number of nitrogens with zero attached hydrogens (tertiary/aromatic N) is 1. The van der Waals surface area contributed by atoms with Crippen LogP contribution in [0.15, 0.2) is 12.1 Å². The highest BCUT2D eigenvalue weighted by Crippen LogP contribution is 2.39. The van der Waals surface area contributed by atoms with Crippen molar-refractivity contribution in [1.29, 1.82) is 0 Å². The first-order valence-corrected chi connectivity index (χ1v) is 6.31. The highest BCUT2D eigenvalue weighted by Gasteiger charge is 2.34. The van der Waals surface area contributed by atoms with Crippen LogP contribution in [0, 0.1) is 23.5 Å². The van der Waals surface area contributed by atoms with Crippen LogP contribution in [0.1, 0.15) is 18.9 Å². The van der Waals surface area contributed by atoms with Crippen LogP contribution >= 0.6 is 11.6 Å². The van der Waals surface area contributed by atoms with Gasteiger partial charge >= 0.3 is 0 Å². The summed E-state index contributed by atoms with van der Waals surface area (Å²) in [6.07, 6.45) is 1.15. The van der Waals surface area contributed by atoms with E-state index < -0.39 is 11.6 Å². The summed E-state index contributed by atoms with van der Waals surface area (Å²) < 4.78 is 27.6. The Morgan fingerprint density at radius 3 is 2.29 bits per heavy atom. The average molecular weight is 260 g/mol. The van der Waals surface area contributed by atoms with E-state index >= 15 is 0 Å². The lowest BCUT2D eigenvalue weighted by atomic mass is 10.2. The Morgan fingerprint density at radius 2 is 1.88 bits per heavy atom. The molecule has 0 aliphatic heterocycles. The van der Waals surface area contributed by atoms with Crippen LogP contribution in [-0.2, 0) is 5.88 Å². The molecule has 17 heavy (non-hydrogen) atoms. The van der Waals surface area contributed by atoms with E-state index in [1.807, 2.05) is 0 Å². The normalized spacial score (nSPS) is 22.6. The number of rotatable bonds is 4. The molecule has 1 nitrogen and oxygen atoms in total. The van der Waals surface area contributed by atoms with Crippen molar-refractivity contribution in [2.75, 3.05) is 18.5 Å². The summed E-state index contributed by atoms with van der Waals surface area (Å²) in [6.45, 7) is 2.86. The van der Waals surface area contributed by atoms with Gasteiger partial charge in [-0.05, 0) is 36.0 Å². The number of halogens is 3. The van der Waals surface area contributed by atoms with Crippen LogP contribution in [0.4, 0.5) is 14.5 Å². The lowest BCUT2D eigenvalue weighted by molar-refractivity contribution is 0.569. The minimum absolute atomic E-state index is 0.0537. The molecule has 1 aliphatic carbocycles. The van der Waals surface area contributed by atoms with Gasteiger partial charge in [0.15, 0.2) is 0 Å². The van der Waals surface area contributed by atoms with Gasteiger partial charge in [0.2, 0.25) is 0 Å². The van der Waals surface area contributed by atoms with Gasteiger partial charge in [-0.15, -0.1) is 11.6 Å². The third kappa shape index (κ3) is 2.71. The van der Waals surface area contributed by atoms with Gasteiger partial charge in [0, 0.05) is 19.5 Å². The number of benzene rings is 1. The summed E-state index contributed by atoms with van der Waals surface area (Å²) in [6, 6.07) is 2.61. The Morgan fingerprint density at radius 1 is 1.35 bits per heavy atom. The monoisotopic (exact) mass is 259 g/mol. The van der Waals surface area contributed by atoms with Crippen LogP contribution in [0.5, 0.6) is 0 Å². The standard InChI is InChI=1S/C13H16ClF2N/c1-8-3-10(8)7-17(2)13-11(15)4-9(6-14)5-12(13)16/h4-5,8,10H,3,6-7H2,1-2H3. The molecule has 0 aromatic heterocycles. The van der Waals surface area contributed by atoms with Crippen LogP contribution in [-0.4, -0.2) is 13.6 Å². The van der Waals surface area contributed by atoms with Crippen molar-refractivity contribution in [3.63, 3.8) is 0 Å². The molecule has 0 N–H and O–H groups in total. The predicted molar refractivity (Wildman–Crippen MR) is 66.5 cm³/mol. The number of anilines is 1. The third-order valence-electron chi connectivity index (χ3n) is 3.40. The molecule has 1 aromatic carbocycles. The first-order valence-electron chi connectivity index (χ1n) is 5.78. The lowest BCUT2D eigenvalue weighted by Gasteiger charge is -2.21. The molecule has 0 amide bonds. The largest absolute Gasteiger partial charge is 0.370 e. The van der Waals surface area contributed by atoms with Gasteiger partial charge in [-0.1, -0.05) is 6.92 Å². The molecule has 94 valence electrons. The summed E-state index contributed by atoms with van der Waals surface area (Å²) in [5, 5.41) is 0. The zero-order valence-electron chi connectivity index (χ0n) is 10.0. The van der Waals surface area contributed by atoms with Crippen LogP contribution in [0.2, 0.25) is 0 Å². The van der Waals surface area contributed by atoms with Gasteiger partial charge in [-0.25, -0.2) is 8.78 Å². The van der Waals surface area contributed by atoms with Crippen molar-refractivity contribution in [3.8, 4) is 0 Å². The second kappa shape index (κ2) is 4.81. The van der Waals surface area contributed by atoms with Crippen LogP contribution in [0.25, 0.3) is 0 Å². The van der Waals surface area contributed by atoms with Crippen LogP contribution < -0.4 is 4.90 Å². The minimum Gasteiger partial charge on any atom is -0.370 e. The lowest BCUT2D eigenvalue weighted by Crippen LogP contribution is -2.23. The second-order valence-electron chi connectivity index (χ2n) is 4.90. The van der Waals surface area contributed by atoms with Crippen molar-refractivity contribution < 1.29 is 8.78 Å². The van der Waals surface area contributed by atoms with Gasteiger partial charge in [-0.3, -0.25) is 0 Å². The fraction of sp³-hybridized carbons (Fsp3) is 0.538. The summed E-state index contributed by atoms with van der Waals surface area (Å²) in [5.74, 6) is 0.294. The molecule has 0 radical (unpaired) electrons. The van der Waals surface area contributed by atoms with E-state index in [2.05, 4.69) is 6.92 Å². The van der Waals surface area contributed by atoms with Gasteiger partial charge in [-0.2, -0.15) is 0 Å². The Balaban J connectivity index is 2.19. The average Bonchev–Trinajstić information content (AvgIpc) is 2.92. The zero-order chi connectivity index (χ0) is 12.6. The summed E-state index contributed by atoms with van der Waals surface area (Å²) in [7, 11) is 1.73. The summed E-state index contributed by atoms with van der Waals surface area (Å²) in [4.78, 5) is 1.66. The van der Waals surface area contributed by atoms with E-state index in [0.717, 1.165) is 6.42 Å². The van der Waals surface area contributed by atoms with Crippen molar-refractivity contribution in [2.24, 2.45) is 11.8 Å². The van der Waals surface area contributed by atoms with E-state index in [-0.39, 0.29) is 11.6 Å². The van der Waals surface area contributed by atoms with Crippen molar-refractivity contribution in [3.05, 3.63) is 29.3 Å².